The summed E-state index contributed by atoms with van der Waals surface area (Å²) in [7, 11) is 1.68. The number of carbonyl (C=O) groups is 3. The number of aromatic nitrogens is 4. The van der Waals surface area contributed by atoms with Crippen molar-refractivity contribution < 1.29 is 18.8 Å². The second-order valence-corrected chi connectivity index (χ2v) is 10.4. The number of fused-ring (bicyclic) bond motifs is 4. The molecule has 3 saturated carbocycles. The quantitative estimate of drug-likeness (QED) is 0.433. The Balaban J connectivity index is 1.28. The van der Waals surface area contributed by atoms with Crippen LogP contribution in [0.15, 0.2) is 30.6 Å². The molecule has 3 amide bonds. The van der Waals surface area contributed by atoms with E-state index in [0.717, 1.165) is 38.5 Å². The van der Waals surface area contributed by atoms with Crippen LogP contribution >= 0.6 is 11.6 Å². The molecule has 0 saturated heterocycles. The van der Waals surface area contributed by atoms with Crippen molar-refractivity contribution >= 4 is 35.1 Å². The van der Waals surface area contributed by atoms with E-state index < -0.39 is 11.7 Å². The molecule has 37 heavy (non-hydrogen) atoms. The van der Waals surface area contributed by atoms with Gasteiger partial charge in [-0.15, -0.1) is 0 Å². The Morgan fingerprint density at radius 3 is 2.46 bits per heavy atom. The van der Waals surface area contributed by atoms with Gasteiger partial charge in [0.1, 0.15) is 23.5 Å². The topological polar surface area (TPSA) is 130 Å². The molecule has 194 valence electrons. The van der Waals surface area contributed by atoms with Crippen molar-refractivity contribution in [2.45, 2.75) is 45.1 Å². The Bertz CT molecular complexity index is 1370. The maximum Gasteiger partial charge on any atom is 0.270 e. The van der Waals surface area contributed by atoms with Gasteiger partial charge in [0.15, 0.2) is 0 Å². The average molecular weight is 528 g/mol. The standard InChI is InChI=1S/C25H27ClFN7O3/c1-28-22(37)25-7-4-24(5-8-25,6-9-25)13-30-21(36)19-11-18(33-23-31-14-32-34(19)23)20(35)29-12-15-2-3-17(27)16(26)10-15/h2-3,10-11,14H,4-9,12-13H2,1H3,(H,28,37)(H,29,35)(H,30,36). The van der Waals surface area contributed by atoms with Gasteiger partial charge in [0.05, 0.1) is 5.02 Å². The van der Waals surface area contributed by atoms with E-state index in [1.807, 2.05) is 0 Å². The second kappa shape index (κ2) is 9.70. The van der Waals surface area contributed by atoms with Gasteiger partial charge in [0.2, 0.25) is 5.91 Å². The lowest BCUT2D eigenvalue weighted by Crippen LogP contribution is -2.52. The molecular weight excluding hydrogens is 501 g/mol. The lowest BCUT2D eigenvalue weighted by atomic mass is 9.53. The molecule has 3 fully saturated rings. The minimum absolute atomic E-state index is 0.00252. The molecule has 0 radical (unpaired) electrons. The maximum absolute atomic E-state index is 13.4. The van der Waals surface area contributed by atoms with E-state index in [1.54, 1.807) is 7.05 Å². The first kappa shape index (κ1) is 25.1. The summed E-state index contributed by atoms with van der Waals surface area (Å²) in [5.41, 5.74) is 0.431. The minimum Gasteiger partial charge on any atom is -0.359 e. The molecule has 12 heteroatoms. The largest absolute Gasteiger partial charge is 0.359 e. The van der Waals surface area contributed by atoms with Crippen LogP contribution in [0.4, 0.5) is 4.39 Å². The molecule has 2 bridgehead atoms. The third-order valence-electron chi connectivity index (χ3n) is 7.89. The highest BCUT2D eigenvalue weighted by Gasteiger charge is 2.52. The van der Waals surface area contributed by atoms with Gasteiger partial charge in [0, 0.05) is 31.6 Å². The van der Waals surface area contributed by atoms with E-state index in [2.05, 4.69) is 31.0 Å². The summed E-state index contributed by atoms with van der Waals surface area (Å²) >= 11 is 5.81. The number of carbonyl (C=O) groups excluding carboxylic acids is 3. The molecule has 6 rings (SSSR count). The molecule has 1 aromatic carbocycles. The molecule has 3 N–H and O–H groups in total. The van der Waals surface area contributed by atoms with E-state index in [9.17, 15) is 18.8 Å². The molecule has 3 aliphatic rings. The highest BCUT2D eigenvalue weighted by molar-refractivity contribution is 6.30. The zero-order chi connectivity index (χ0) is 26.2. The van der Waals surface area contributed by atoms with Crippen molar-refractivity contribution in [3.05, 3.63) is 58.4 Å². The molecular formula is C25H27ClFN7O3. The Morgan fingerprint density at radius 2 is 1.78 bits per heavy atom. The molecule has 0 spiro atoms. The van der Waals surface area contributed by atoms with Gasteiger partial charge in [-0.25, -0.2) is 9.37 Å². The van der Waals surface area contributed by atoms with Gasteiger partial charge in [-0.3, -0.25) is 14.4 Å². The van der Waals surface area contributed by atoms with Crippen LogP contribution in [0.2, 0.25) is 5.02 Å². The normalized spacial score (nSPS) is 22.6. The minimum atomic E-state index is -0.543. The predicted molar refractivity (Wildman–Crippen MR) is 132 cm³/mol. The average Bonchev–Trinajstić information content (AvgIpc) is 3.41. The summed E-state index contributed by atoms with van der Waals surface area (Å²) in [5.74, 6) is -1.22. The van der Waals surface area contributed by atoms with Gasteiger partial charge >= 0.3 is 0 Å². The number of rotatable bonds is 7. The Labute approximate surface area is 217 Å². The van der Waals surface area contributed by atoms with Crippen LogP contribution < -0.4 is 16.0 Å². The Kier molecular flexibility index (Phi) is 6.57. The third kappa shape index (κ3) is 4.75. The van der Waals surface area contributed by atoms with Gasteiger partial charge in [-0.2, -0.15) is 14.6 Å². The smallest absolute Gasteiger partial charge is 0.270 e. The third-order valence-corrected chi connectivity index (χ3v) is 8.18. The first-order valence-corrected chi connectivity index (χ1v) is 12.6. The van der Waals surface area contributed by atoms with Crippen LogP contribution in [-0.2, 0) is 11.3 Å². The number of hydrogen-bond acceptors (Lipinski definition) is 6. The lowest BCUT2D eigenvalue weighted by Gasteiger charge is -2.52. The Hall–Kier alpha value is -3.60. The van der Waals surface area contributed by atoms with Crippen LogP contribution in [0.3, 0.4) is 0 Å². The number of amides is 3. The number of nitrogens with zero attached hydrogens (tertiary/aromatic N) is 4. The van der Waals surface area contributed by atoms with E-state index in [1.165, 1.54) is 35.1 Å². The maximum atomic E-state index is 13.4. The molecule has 0 aliphatic heterocycles. The summed E-state index contributed by atoms with van der Waals surface area (Å²) in [5, 5.41) is 12.6. The van der Waals surface area contributed by atoms with Crippen molar-refractivity contribution in [3.8, 4) is 0 Å². The highest BCUT2D eigenvalue weighted by atomic mass is 35.5. The van der Waals surface area contributed by atoms with E-state index >= 15 is 0 Å². The lowest BCUT2D eigenvalue weighted by molar-refractivity contribution is -0.139. The van der Waals surface area contributed by atoms with Crippen molar-refractivity contribution in [2.24, 2.45) is 10.8 Å². The zero-order valence-electron chi connectivity index (χ0n) is 20.3. The molecule has 10 nitrogen and oxygen atoms in total. The summed E-state index contributed by atoms with van der Waals surface area (Å²) in [4.78, 5) is 46.7. The van der Waals surface area contributed by atoms with Gasteiger partial charge < -0.3 is 16.0 Å². The first-order valence-electron chi connectivity index (χ1n) is 12.2. The number of nitrogens with one attached hydrogen (secondary N) is 3. The van der Waals surface area contributed by atoms with Gasteiger partial charge in [-0.05, 0) is 61.6 Å². The summed E-state index contributed by atoms with van der Waals surface area (Å²) < 4.78 is 14.7. The van der Waals surface area contributed by atoms with Crippen molar-refractivity contribution in [1.29, 1.82) is 0 Å². The van der Waals surface area contributed by atoms with E-state index in [0.29, 0.717) is 12.1 Å². The van der Waals surface area contributed by atoms with Gasteiger partial charge in [-0.1, -0.05) is 17.7 Å². The molecule has 2 heterocycles. The zero-order valence-corrected chi connectivity index (χ0v) is 21.1. The fourth-order valence-corrected chi connectivity index (χ4v) is 5.71. The van der Waals surface area contributed by atoms with Crippen molar-refractivity contribution in [2.75, 3.05) is 13.6 Å². The number of benzene rings is 1. The van der Waals surface area contributed by atoms with Crippen LogP contribution in [0.5, 0.6) is 0 Å². The van der Waals surface area contributed by atoms with Crippen LogP contribution in [0.1, 0.15) is 65.1 Å². The summed E-state index contributed by atoms with van der Waals surface area (Å²) in [6.45, 7) is 0.570. The molecule has 3 aromatic rings. The van der Waals surface area contributed by atoms with Crippen molar-refractivity contribution in [3.63, 3.8) is 0 Å². The fraction of sp³-hybridized carbons (Fsp3) is 0.440. The molecule has 2 aromatic heterocycles. The number of halogens is 2. The fourth-order valence-electron chi connectivity index (χ4n) is 5.51. The van der Waals surface area contributed by atoms with Crippen molar-refractivity contribution in [1.82, 2.24) is 35.5 Å². The van der Waals surface area contributed by atoms with E-state index in [-0.39, 0.29) is 51.4 Å². The molecule has 0 unspecified atom stereocenters. The van der Waals surface area contributed by atoms with Gasteiger partial charge in [0.25, 0.3) is 17.6 Å². The monoisotopic (exact) mass is 527 g/mol. The van der Waals surface area contributed by atoms with Crippen LogP contribution in [0.25, 0.3) is 5.78 Å². The van der Waals surface area contributed by atoms with Crippen LogP contribution in [0, 0.1) is 16.6 Å². The Morgan fingerprint density at radius 1 is 1.05 bits per heavy atom. The number of hydrogen-bond donors (Lipinski definition) is 3. The summed E-state index contributed by atoms with van der Waals surface area (Å²) in [6, 6.07) is 5.55. The first-order chi connectivity index (χ1) is 17.7. The highest BCUT2D eigenvalue weighted by Crippen LogP contribution is 2.56. The second-order valence-electron chi connectivity index (χ2n) is 9.97. The van der Waals surface area contributed by atoms with Crippen LogP contribution in [-0.4, -0.2) is 50.9 Å². The molecule has 3 aliphatic carbocycles. The summed E-state index contributed by atoms with van der Waals surface area (Å²) in [6.07, 6.45) is 6.32. The SMILES string of the molecule is CNC(=O)C12CCC(CNC(=O)c3cc(C(=O)NCc4ccc(F)c(Cl)c4)nc4ncnn34)(CC1)CC2. The predicted octanol–water partition coefficient (Wildman–Crippen LogP) is 2.66. The van der Waals surface area contributed by atoms with E-state index in [4.69, 9.17) is 11.6 Å². The molecule has 0 atom stereocenters.